The molecular weight excluding hydrogens is 344 g/mol. The lowest BCUT2D eigenvalue weighted by molar-refractivity contribution is -0.113. The first kappa shape index (κ1) is 16.5. The molecule has 3 rings (SSSR count). The van der Waals surface area contributed by atoms with Crippen LogP contribution in [0.25, 0.3) is 11.1 Å². The molecule has 24 heavy (non-hydrogen) atoms. The summed E-state index contributed by atoms with van der Waals surface area (Å²) >= 11 is 7.53. The SMILES string of the molecule is O=C(CSCc1ccccn1)Nc1[nH]ncc1-c1cccc(Cl)c1. The fourth-order valence-electron chi connectivity index (χ4n) is 2.16. The number of amides is 1. The molecule has 122 valence electrons. The number of nitrogens with zero attached hydrogens (tertiary/aromatic N) is 2. The summed E-state index contributed by atoms with van der Waals surface area (Å²) in [5.74, 6) is 1.51. The molecule has 7 heteroatoms. The molecule has 0 aliphatic carbocycles. The van der Waals surface area contributed by atoms with E-state index < -0.39 is 0 Å². The zero-order valence-electron chi connectivity index (χ0n) is 12.7. The van der Waals surface area contributed by atoms with E-state index in [0.717, 1.165) is 16.8 Å². The summed E-state index contributed by atoms with van der Waals surface area (Å²) in [5.41, 5.74) is 2.66. The smallest absolute Gasteiger partial charge is 0.235 e. The number of pyridine rings is 1. The number of benzene rings is 1. The van der Waals surface area contributed by atoms with Crippen molar-refractivity contribution in [3.8, 4) is 11.1 Å². The van der Waals surface area contributed by atoms with Crippen molar-refractivity contribution in [2.45, 2.75) is 5.75 Å². The highest BCUT2D eigenvalue weighted by Gasteiger charge is 2.11. The lowest BCUT2D eigenvalue weighted by atomic mass is 10.1. The fourth-order valence-corrected chi connectivity index (χ4v) is 3.09. The second-order valence-electron chi connectivity index (χ2n) is 5.03. The second kappa shape index (κ2) is 7.99. The van der Waals surface area contributed by atoms with Gasteiger partial charge in [-0.25, -0.2) is 0 Å². The first-order valence-electron chi connectivity index (χ1n) is 7.29. The Labute approximate surface area is 148 Å². The number of carbonyl (C=O) groups excluding carboxylic acids is 1. The number of hydrogen-bond acceptors (Lipinski definition) is 4. The number of halogens is 1. The number of aromatic nitrogens is 3. The Morgan fingerprint density at radius 2 is 2.17 bits per heavy atom. The van der Waals surface area contributed by atoms with Crippen LogP contribution in [0.1, 0.15) is 5.69 Å². The molecule has 1 aromatic carbocycles. The third-order valence-electron chi connectivity index (χ3n) is 3.25. The van der Waals surface area contributed by atoms with Gasteiger partial charge in [-0.2, -0.15) is 5.10 Å². The van der Waals surface area contributed by atoms with Gasteiger partial charge in [-0.1, -0.05) is 29.8 Å². The van der Waals surface area contributed by atoms with Gasteiger partial charge in [-0.3, -0.25) is 14.9 Å². The standard InChI is InChI=1S/C17H15ClN4OS/c18-13-5-3-4-12(8-13)15-9-20-22-17(15)21-16(23)11-24-10-14-6-1-2-7-19-14/h1-9H,10-11H2,(H2,20,21,22,23). The van der Waals surface area contributed by atoms with Crippen LogP contribution >= 0.6 is 23.4 Å². The van der Waals surface area contributed by atoms with Gasteiger partial charge in [-0.15, -0.1) is 11.8 Å². The van der Waals surface area contributed by atoms with E-state index in [1.165, 1.54) is 11.8 Å². The maximum Gasteiger partial charge on any atom is 0.235 e. The summed E-state index contributed by atoms with van der Waals surface area (Å²) in [6.45, 7) is 0. The molecule has 0 spiro atoms. The summed E-state index contributed by atoms with van der Waals surface area (Å²) in [7, 11) is 0. The van der Waals surface area contributed by atoms with Crippen molar-refractivity contribution >= 4 is 35.1 Å². The third kappa shape index (κ3) is 4.37. The van der Waals surface area contributed by atoms with E-state index in [0.29, 0.717) is 22.3 Å². The van der Waals surface area contributed by atoms with Gasteiger partial charge in [0.25, 0.3) is 0 Å². The van der Waals surface area contributed by atoms with Gasteiger partial charge in [-0.05, 0) is 29.8 Å². The Balaban J connectivity index is 1.58. The van der Waals surface area contributed by atoms with Gasteiger partial charge in [0.2, 0.25) is 5.91 Å². The lowest BCUT2D eigenvalue weighted by Crippen LogP contribution is -2.15. The van der Waals surface area contributed by atoms with Gasteiger partial charge in [0.1, 0.15) is 5.82 Å². The lowest BCUT2D eigenvalue weighted by Gasteiger charge is -2.06. The molecule has 0 radical (unpaired) electrons. The van der Waals surface area contributed by atoms with Crippen molar-refractivity contribution in [2.24, 2.45) is 0 Å². The predicted molar refractivity (Wildman–Crippen MR) is 98.1 cm³/mol. The molecule has 0 fully saturated rings. The zero-order valence-corrected chi connectivity index (χ0v) is 14.3. The molecule has 0 saturated heterocycles. The van der Waals surface area contributed by atoms with Crippen LogP contribution in [0, 0.1) is 0 Å². The summed E-state index contributed by atoms with van der Waals surface area (Å²) in [4.78, 5) is 16.4. The van der Waals surface area contributed by atoms with Gasteiger partial charge >= 0.3 is 0 Å². The minimum atomic E-state index is -0.0940. The average molecular weight is 359 g/mol. The van der Waals surface area contributed by atoms with Gasteiger partial charge < -0.3 is 5.32 Å². The molecule has 3 aromatic rings. The van der Waals surface area contributed by atoms with Crippen molar-refractivity contribution in [2.75, 3.05) is 11.1 Å². The molecule has 2 aromatic heterocycles. The molecule has 1 amide bonds. The van der Waals surface area contributed by atoms with Gasteiger partial charge in [0.15, 0.2) is 0 Å². The number of hydrogen-bond donors (Lipinski definition) is 2. The fraction of sp³-hybridized carbons (Fsp3) is 0.118. The van der Waals surface area contributed by atoms with E-state index in [9.17, 15) is 4.79 Å². The van der Waals surface area contributed by atoms with E-state index in [1.54, 1.807) is 18.5 Å². The number of nitrogens with one attached hydrogen (secondary N) is 2. The van der Waals surface area contributed by atoms with Crippen LogP contribution < -0.4 is 5.32 Å². The normalized spacial score (nSPS) is 10.5. The maximum absolute atomic E-state index is 12.1. The Kier molecular flexibility index (Phi) is 5.51. The van der Waals surface area contributed by atoms with E-state index >= 15 is 0 Å². The van der Waals surface area contributed by atoms with Gasteiger partial charge in [0.05, 0.1) is 17.6 Å². The van der Waals surface area contributed by atoms with E-state index in [-0.39, 0.29) is 5.91 Å². The quantitative estimate of drug-likeness (QED) is 0.698. The molecule has 2 heterocycles. The summed E-state index contributed by atoms with van der Waals surface area (Å²) in [6.07, 6.45) is 3.42. The van der Waals surface area contributed by atoms with Crippen LogP contribution in [0.2, 0.25) is 5.02 Å². The summed E-state index contributed by atoms with van der Waals surface area (Å²) < 4.78 is 0. The van der Waals surface area contributed by atoms with Crippen LogP contribution in [0.3, 0.4) is 0 Å². The largest absolute Gasteiger partial charge is 0.310 e. The Morgan fingerprint density at radius 1 is 1.25 bits per heavy atom. The molecule has 2 N–H and O–H groups in total. The van der Waals surface area contributed by atoms with Crippen LogP contribution in [-0.4, -0.2) is 26.8 Å². The van der Waals surface area contributed by atoms with Crippen LogP contribution in [0.5, 0.6) is 0 Å². The Morgan fingerprint density at radius 3 is 2.96 bits per heavy atom. The highest BCUT2D eigenvalue weighted by molar-refractivity contribution is 7.99. The zero-order chi connectivity index (χ0) is 16.8. The van der Waals surface area contributed by atoms with Crippen molar-refractivity contribution in [1.29, 1.82) is 0 Å². The highest BCUT2D eigenvalue weighted by Crippen LogP contribution is 2.27. The minimum Gasteiger partial charge on any atom is -0.310 e. The number of anilines is 1. The van der Waals surface area contributed by atoms with Crippen molar-refractivity contribution in [1.82, 2.24) is 15.2 Å². The number of aromatic amines is 1. The topological polar surface area (TPSA) is 70.7 Å². The molecule has 0 bridgehead atoms. The third-order valence-corrected chi connectivity index (χ3v) is 4.45. The minimum absolute atomic E-state index is 0.0940. The molecule has 0 saturated carbocycles. The molecule has 0 unspecified atom stereocenters. The predicted octanol–water partition coefficient (Wildman–Crippen LogP) is 4.00. The van der Waals surface area contributed by atoms with Crippen LogP contribution in [0.4, 0.5) is 5.82 Å². The van der Waals surface area contributed by atoms with E-state index in [1.807, 2.05) is 36.4 Å². The first-order valence-corrected chi connectivity index (χ1v) is 8.82. The number of H-pyrrole nitrogens is 1. The molecule has 0 atom stereocenters. The maximum atomic E-state index is 12.1. The Bertz CT molecular complexity index is 822. The summed E-state index contributed by atoms with van der Waals surface area (Å²) in [5, 5.41) is 10.3. The van der Waals surface area contributed by atoms with E-state index in [4.69, 9.17) is 11.6 Å². The monoisotopic (exact) mass is 358 g/mol. The highest BCUT2D eigenvalue weighted by atomic mass is 35.5. The molecule has 5 nitrogen and oxygen atoms in total. The summed E-state index contributed by atoms with van der Waals surface area (Å²) in [6, 6.07) is 13.2. The van der Waals surface area contributed by atoms with Crippen molar-refractivity contribution < 1.29 is 4.79 Å². The Hall–Kier alpha value is -2.31. The van der Waals surface area contributed by atoms with Gasteiger partial charge in [0, 0.05) is 22.5 Å². The van der Waals surface area contributed by atoms with E-state index in [2.05, 4.69) is 20.5 Å². The first-order chi connectivity index (χ1) is 11.7. The van der Waals surface area contributed by atoms with Crippen molar-refractivity contribution in [3.05, 3.63) is 65.6 Å². The second-order valence-corrected chi connectivity index (χ2v) is 6.45. The molecule has 0 aliphatic heterocycles. The number of thioether (sulfide) groups is 1. The van der Waals surface area contributed by atoms with Crippen LogP contribution in [-0.2, 0) is 10.5 Å². The van der Waals surface area contributed by atoms with Crippen molar-refractivity contribution in [3.63, 3.8) is 0 Å². The number of rotatable bonds is 6. The molecular formula is C17H15ClN4OS. The average Bonchev–Trinajstić information content (AvgIpc) is 3.04. The molecule has 0 aliphatic rings. The van der Waals surface area contributed by atoms with Crippen LogP contribution in [0.15, 0.2) is 54.9 Å². The number of carbonyl (C=O) groups is 1.